The maximum Gasteiger partial charge on any atom is 0.311 e. The Morgan fingerprint density at radius 3 is 2.02 bits per heavy atom. The summed E-state index contributed by atoms with van der Waals surface area (Å²) in [6, 6.07) is -0.249. The van der Waals surface area contributed by atoms with E-state index in [0.29, 0.717) is 18.6 Å². The molecular formula is C39H72N2O12. The minimum absolute atomic E-state index is 0.156. The molecule has 3 aliphatic heterocycles. The molecule has 0 amide bonds. The zero-order valence-corrected chi connectivity index (χ0v) is 34.9. The van der Waals surface area contributed by atoms with Crippen LogP contribution in [0.25, 0.3) is 0 Å². The first kappa shape index (κ1) is 46.1. The van der Waals surface area contributed by atoms with Crippen molar-refractivity contribution in [2.45, 2.75) is 179 Å². The highest BCUT2D eigenvalue weighted by Gasteiger charge is 2.53. The Morgan fingerprint density at radius 2 is 1.49 bits per heavy atom. The van der Waals surface area contributed by atoms with Crippen LogP contribution in [0, 0.1) is 23.7 Å². The largest absolute Gasteiger partial charge is 0.459 e. The molecule has 3 heterocycles. The number of methoxy groups -OCH3 is 2. The van der Waals surface area contributed by atoms with Gasteiger partial charge in [-0.15, -0.1) is 0 Å². The average Bonchev–Trinajstić information content (AvgIpc) is 3.10. The summed E-state index contributed by atoms with van der Waals surface area (Å²) in [4.78, 5) is 20.8. The van der Waals surface area contributed by atoms with E-state index >= 15 is 0 Å². The fourth-order valence-electron chi connectivity index (χ4n) is 9.02. The summed E-state index contributed by atoms with van der Waals surface area (Å²) >= 11 is 0. The summed E-state index contributed by atoms with van der Waals surface area (Å²) in [5.41, 5.74) is -3.30. The number of ether oxygens (including phenoxy) is 7. The lowest BCUT2D eigenvalue weighted by Gasteiger charge is -2.50. The van der Waals surface area contributed by atoms with E-state index in [1.54, 1.807) is 48.8 Å². The van der Waals surface area contributed by atoms with Crippen molar-refractivity contribution in [3.05, 3.63) is 0 Å². The van der Waals surface area contributed by atoms with E-state index in [2.05, 4.69) is 4.99 Å². The summed E-state index contributed by atoms with van der Waals surface area (Å²) in [5, 5.41) is 46.1. The number of aliphatic imine (C=N–C) groups is 1. The molecule has 0 aliphatic carbocycles. The standard InChI is InChI=1S/C39H72N2O12/c1-16-27-39(10,46)32(43)22(4)29(40-11)20(2)18-38(9,48-15)34(53-36-30(42)26(41(12)13)17-21(3)49-36)23(5)31(24(6)35(45)51-27)52-28-19-37(8,47-14)33(44)25(7)50-28/h20-28,30-34,36,42-44,46H,16-19H2,1-15H3/t20-,21?,22+,23+,24-,25?,26?,27-,28?,30?,31?,32-,33?,34-,36?,37?,38-,39-/m1/s1. The van der Waals surface area contributed by atoms with Crippen molar-refractivity contribution in [1.82, 2.24) is 4.90 Å². The van der Waals surface area contributed by atoms with Crippen LogP contribution in [0.2, 0.25) is 0 Å². The molecule has 14 nitrogen and oxygen atoms in total. The van der Waals surface area contributed by atoms with Gasteiger partial charge in [-0.25, -0.2) is 0 Å². The van der Waals surface area contributed by atoms with Crippen molar-refractivity contribution in [3.63, 3.8) is 0 Å². The van der Waals surface area contributed by atoms with Crippen LogP contribution >= 0.6 is 0 Å². The Morgan fingerprint density at radius 1 is 0.887 bits per heavy atom. The Hall–Kier alpha value is -1.30. The third-order valence-electron chi connectivity index (χ3n) is 12.6. The Labute approximate surface area is 317 Å². The van der Waals surface area contributed by atoms with E-state index in [1.807, 2.05) is 46.7 Å². The van der Waals surface area contributed by atoms with E-state index in [4.69, 9.17) is 33.2 Å². The zero-order chi connectivity index (χ0) is 40.4. The van der Waals surface area contributed by atoms with Gasteiger partial charge in [-0.05, 0) is 80.8 Å². The van der Waals surface area contributed by atoms with E-state index in [9.17, 15) is 25.2 Å². The van der Waals surface area contributed by atoms with E-state index in [0.717, 1.165) is 0 Å². The third kappa shape index (κ3) is 9.81. The fraction of sp³-hybridized carbons (Fsp3) is 0.949. The van der Waals surface area contributed by atoms with E-state index < -0.39 is 95.8 Å². The van der Waals surface area contributed by atoms with Crippen molar-refractivity contribution in [3.8, 4) is 0 Å². The average molecular weight is 761 g/mol. The number of cyclic esters (lactones) is 1. The normalized spacial score (nSPS) is 49.1. The van der Waals surface area contributed by atoms with Crippen LogP contribution in [0.15, 0.2) is 4.99 Å². The molecule has 0 spiro atoms. The molecule has 0 radical (unpaired) electrons. The summed E-state index contributed by atoms with van der Waals surface area (Å²) in [7, 11) is 8.58. The molecule has 0 bridgehead atoms. The highest BCUT2D eigenvalue weighted by Crippen LogP contribution is 2.42. The number of carbonyl (C=O) groups excluding carboxylic acids is 1. The molecule has 0 saturated carbocycles. The summed E-state index contributed by atoms with van der Waals surface area (Å²) in [6.45, 7) is 18.0. The van der Waals surface area contributed by atoms with Crippen LogP contribution in [0.4, 0.5) is 0 Å². The summed E-state index contributed by atoms with van der Waals surface area (Å²) < 4.78 is 44.4. The number of likely N-dealkylation sites (N-methyl/N-ethyl adjacent to an activating group) is 1. The maximum absolute atomic E-state index is 14.3. The van der Waals surface area contributed by atoms with Gasteiger partial charge in [0.15, 0.2) is 12.6 Å². The highest BCUT2D eigenvalue weighted by atomic mass is 16.7. The molecule has 14 heteroatoms. The SMILES string of the molecule is CC[C@H]1OC(=O)[C@H](C)C(OC2CC(C)(OC)C(O)C(C)O2)[C@H](C)[C@@H](OC2OC(C)CC(N(C)C)C2O)[C@](C)(OC)C[C@@H](C)C(=NC)[C@H](C)[C@@H](O)[C@]1(C)O. The van der Waals surface area contributed by atoms with Gasteiger partial charge in [0, 0.05) is 51.3 Å². The van der Waals surface area contributed by atoms with Gasteiger partial charge in [0.05, 0.1) is 47.6 Å². The van der Waals surface area contributed by atoms with Gasteiger partial charge < -0.3 is 58.5 Å². The van der Waals surface area contributed by atoms with E-state index in [1.165, 1.54) is 14.0 Å². The molecule has 4 N–H and O–H groups in total. The number of hydrogen-bond donors (Lipinski definition) is 4. The van der Waals surface area contributed by atoms with Gasteiger partial charge in [0.2, 0.25) is 0 Å². The molecule has 3 saturated heterocycles. The molecule has 3 fully saturated rings. The molecular weight excluding hydrogens is 688 g/mol. The van der Waals surface area contributed by atoms with Gasteiger partial charge in [-0.1, -0.05) is 27.7 Å². The van der Waals surface area contributed by atoms with Gasteiger partial charge in [-0.3, -0.25) is 9.79 Å². The van der Waals surface area contributed by atoms with Gasteiger partial charge >= 0.3 is 5.97 Å². The van der Waals surface area contributed by atoms with Gasteiger partial charge in [-0.2, -0.15) is 0 Å². The van der Waals surface area contributed by atoms with Gasteiger partial charge in [0.1, 0.15) is 23.9 Å². The number of aliphatic hydroxyl groups is 4. The highest BCUT2D eigenvalue weighted by molar-refractivity contribution is 5.89. The molecule has 18 atom stereocenters. The minimum atomic E-state index is -1.83. The lowest BCUT2D eigenvalue weighted by Crippen LogP contribution is -2.61. The predicted octanol–water partition coefficient (Wildman–Crippen LogP) is 2.94. The van der Waals surface area contributed by atoms with E-state index in [-0.39, 0.29) is 30.9 Å². The first-order valence-corrected chi connectivity index (χ1v) is 19.3. The second kappa shape index (κ2) is 18.3. The molecule has 310 valence electrons. The van der Waals surface area contributed by atoms with Crippen LogP contribution in [-0.2, 0) is 38.0 Å². The molecule has 53 heavy (non-hydrogen) atoms. The Kier molecular flexibility index (Phi) is 15.9. The molecule has 3 aliphatic rings. The number of hydrogen-bond acceptors (Lipinski definition) is 14. The number of rotatable bonds is 8. The monoisotopic (exact) mass is 761 g/mol. The van der Waals surface area contributed by atoms with Gasteiger partial charge in [0.25, 0.3) is 0 Å². The third-order valence-corrected chi connectivity index (χ3v) is 12.6. The summed E-state index contributed by atoms with van der Waals surface area (Å²) in [6.07, 6.45) is -7.68. The number of aliphatic hydroxyl groups excluding tert-OH is 3. The minimum Gasteiger partial charge on any atom is -0.459 e. The first-order valence-electron chi connectivity index (χ1n) is 19.3. The van der Waals surface area contributed by atoms with Crippen LogP contribution < -0.4 is 0 Å². The quantitative estimate of drug-likeness (QED) is 0.266. The number of esters is 1. The smallest absolute Gasteiger partial charge is 0.311 e. The first-order chi connectivity index (χ1) is 24.5. The lowest BCUT2D eigenvalue weighted by atomic mass is 9.73. The summed E-state index contributed by atoms with van der Waals surface area (Å²) in [5.74, 6) is -3.17. The molecule has 0 aromatic heterocycles. The fourth-order valence-corrected chi connectivity index (χ4v) is 9.02. The Bertz CT molecular complexity index is 1220. The molecule has 3 rings (SSSR count). The van der Waals surface area contributed by atoms with Crippen LogP contribution in [0.1, 0.15) is 94.9 Å². The molecule has 9 unspecified atom stereocenters. The zero-order valence-electron chi connectivity index (χ0n) is 34.9. The number of nitrogens with zero attached hydrogens (tertiary/aromatic N) is 2. The van der Waals surface area contributed by atoms with Crippen LogP contribution in [-0.4, -0.2) is 157 Å². The predicted molar refractivity (Wildman–Crippen MR) is 199 cm³/mol. The number of carbonyl (C=O) groups is 1. The second-order valence-corrected chi connectivity index (χ2v) is 16.9. The maximum atomic E-state index is 14.3. The second-order valence-electron chi connectivity index (χ2n) is 16.9. The lowest BCUT2D eigenvalue weighted by molar-refractivity contribution is -0.319. The molecule has 0 aromatic carbocycles. The van der Waals surface area contributed by atoms with Crippen molar-refractivity contribution in [2.24, 2.45) is 28.7 Å². The molecule has 0 aromatic rings. The van der Waals surface area contributed by atoms with Crippen LogP contribution in [0.5, 0.6) is 0 Å². The van der Waals surface area contributed by atoms with Crippen LogP contribution in [0.3, 0.4) is 0 Å². The van der Waals surface area contributed by atoms with Crippen molar-refractivity contribution in [2.75, 3.05) is 35.4 Å². The van der Waals surface area contributed by atoms with Crippen molar-refractivity contribution < 1.29 is 58.4 Å². The topological polar surface area (TPSA) is 178 Å². The Balaban J connectivity index is 2.25. The van der Waals surface area contributed by atoms with Crippen molar-refractivity contribution >= 4 is 11.7 Å². The van der Waals surface area contributed by atoms with Crippen molar-refractivity contribution in [1.29, 1.82) is 0 Å².